The summed E-state index contributed by atoms with van der Waals surface area (Å²) in [6.07, 6.45) is -2.26. The third-order valence-electron chi connectivity index (χ3n) is 12.0. The van der Waals surface area contributed by atoms with E-state index in [0.717, 1.165) is 6.92 Å². The van der Waals surface area contributed by atoms with Crippen LogP contribution in [-0.2, 0) is 52.7 Å². The van der Waals surface area contributed by atoms with Crippen molar-refractivity contribution in [3.63, 3.8) is 0 Å². The van der Waals surface area contributed by atoms with Crippen LogP contribution in [0.5, 0.6) is 0 Å². The number of nitrogens with zero attached hydrogens (tertiary/aromatic N) is 1. The molecule has 0 aliphatic carbocycles. The van der Waals surface area contributed by atoms with Crippen molar-refractivity contribution < 1.29 is 73.2 Å². The lowest BCUT2D eigenvalue weighted by atomic mass is 9.97. The molecule has 0 aromatic heterocycles. The van der Waals surface area contributed by atoms with Crippen molar-refractivity contribution in [3.05, 3.63) is 0 Å². The molecule has 0 saturated heterocycles. The van der Waals surface area contributed by atoms with Gasteiger partial charge in [-0.3, -0.25) is 52.9 Å². The lowest BCUT2D eigenvalue weighted by Gasteiger charge is -2.29. The largest absolute Gasteiger partial charge is 0.481 e. The standard InChI is InChI=1S/C48H87N13O15S/c1-12-25(10)36(45(73)58-32(20-77)43(71)61-37(26(11)63)46(74)59-35(24(8)9)47(75)76)60-41(69)30(18-33(64)65)55-42(70)31(19-62)57-38(66)27(14-13-15-52-48(50)51)53-39(67)28(16-21(2)3)54-40(68)29(17-22(4)5)56-44(72)34(49)23(6)7/h21-32,34-37,62-63,77H,12-20,49H2,1-11H3,(H,53,67)(H,54,68)(H,55,70)(H,56,72)(H,57,66)(H,58,73)(H,59,74)(H,60,69)(H,61,71)(H,64,65)(H,75,76)(H4,50,51,52)/t25-,26+,27-,28-,29-,30-,31-,32-,34-,35-,36-,37-/m0/s1. The number of aliphatic hydroxyl groups is 2. The molecule has 0 spiro atoms. The van der Waals surface area contributed by atoms with Crippen molar-refractivity contribution in [3.8, 4) is 0 Å². The average molecular weight is 1120 g/mol. The summed E-state index contributed by atoms with van der Waals surface area (Å²) < 4.78 is 0. The van der Waals surface area contributed by atoms with Crippen LogP contribution in [0.1, 0.15) is 115 Å². The van der Waals surface area contributed by atoms with E-state index < -0.39 is 162 Å². The third kappa shape index (κ3) is 26.0. The maximum atomic E-state index is 14.0. The average Bonchev–Trinajstić information content (AvgIpc) is 3.33. The minimum absolute atomic E-state index is 0.0193. The second-order valence-electron chi connectivity index (χ2n) is 20.5. The van der Waals surface area contributed by atoms with Crippen LogP contribution in [0.2, 0.25) is 0 Å². The molecule has 19 N–H and O–H groups in total. The van der Waals surface area contributed by atoms with E-state index in [1.165, 1.54) is 20.8 Å². The second kappa shape index (κ2) is 35.2. The molecule has 0 aromatic carbocycles. The number of nitrogens with two attached hydrogens (primary N) is 3. The van der Waals surface area contributed by atoms with E-state index in [-0.39, 0.29) is 62.4 Å². The summed E-state index contributed by atoms with van der Waals surface area (Å²) >= 11 is 4.13. The van der Waals surface area contributed by atoms with E-state index in [0.29, 0.717) is 0 Å². The van der Waals surface area contributed by atoms with Crippen LogP contribution in [-0.4, -0.2) is 177 Å². The molecular formula is C48H87N13O15S. The molecule has 28 nitrogen and oxygen atoms in total. The quantitative estimate of drug-likeness (QED) is 0.0123. The zero-order valence-electron chi connectivity index (χ0n) is 46.0. The molecule has 440 valence electrons. The van der Waals surface area contributed by atoms with Gasteiger partial charge in [0, 0.05) is 12.3 Å². The number of nitrogens with one attached hydrogen (secondary N) is 9. The van der Waals surface area contributed by atoms with Crippen LogP contribution >= 0.6 is 12.6 Å². The molecule has 12 atom stereocenters. The fourth-order valence-corrected chi connectivity index (χ4v) is 7.50. The smallest absolute Gasteiger partial charge is 0.326 e. The fourth-order valence-electron chi connectivity index (χ4n) is 7.24. The van der Waals surface area contributed by atoms with Gasteiger partial charge in [-0.2, -0.15) is 12.6 Å². The summed E-state index contributed by atoms with van der Waals surface area (Å²) in [4.78, 5) is 150. The number of carboxylic acids is 2. The Bertz CT molecular complexity index is 2040. The van der Waals surface area contributed by atoms with Gasteiger partial charge in [-0.05, 0) is 62.2 Å². The van der Waals surface area contributed by atoms with Crippen LogP contribution < -0.4 is 65.1 Å². The predicted octanol–water partition coefficient (Wildman–Crippen LogP) is -3.96. The van der Waals surface area contributed by atoms with Crippen molar-refractivity contribution in [2.24, 2.45) is 51.8 Å². The monoisotopic (exact) mass is 1120 g/mol. The molecule has 0 saturated carbocycles. The molecule has 0 bridgehead atoms. The van der Waals surface area contributed by atoms with Gasteiger partial charge in [0.2, 0.25) is 53.2 Å². The highest BCUT2D eigenvalue weighted by atomic mass is 32.1. The molecule has 0 fully saturated rings. The van der Waals surface area contributed by atoms with Crippen LogP contribution in [0.4, 0.5) is 0 Å². The number of amides is 9. The number of guanidine groups is 1. The number of carboxylic acid groups (broad SMARTS) is 2. The molecule has 9 amide bonds. The van der Waals surface area contributed by atoms with Crippen molar-refractivity contribution in [2.45, 2.75) is 181 Å². The number of thiol groups is 1. The number of rotatable bonds is 36. The Morgan fingerprint density at radius 2 is 0.922 bits per heavy atom. The molecule has 29 heteroatoms. The SMILES string of the molecule is CC[C@H](C)[C@H](NC(=O)[C@H](CC(=O)O)NC(=O)[C@H](CO)NC(=O)[C@H](CCCN=C(N)N)NC(=O)[C@H](CC(C)C)NC(=O)[C@H](CC(C)C)NC(=O)[C@@H](N)C(C)C)C(=O)N[C@@H](CS)C(=O)N[C@H](C(=O)N[C@H](C(=O)O)C(C)C)[C@@H](C)O. The summed E-state index contributed by atoms with van der Waals surface area (Å²) in [5.41, 5.74) is 17.0. The van der Waals surface area contributed by atoms with Gasteiger partial charge < -0.3 is 85.5 Å². The van der Waals surface area contributed by atoms with Crippen molar-refractivity contribution in [1.82, 2.24) is 47.9 Å². The van der Waals surface area contributed by atoms with Crippen molar-refractivity contribution in [1.29, 1.82) is 0 Å². The first kappa shape index (κ1) is 70.7. The Hall–Kier alpha value is -6.33. The number of hydrogen-bond acceptors (Lipinski definition) is 16. The van der Waals surface area contributed by atoms with E-state index >= 15 is 0 Å². The van der Waals surface area contributed by atoms with Gasteiger partial charge in [-0.1, -0.05) is 75.7 Å². The van der Waals surface area contributed by atoms with Gasteiger partial charge in [0.05, 0.1) is 25.2 Å². The highest BCUT2D eigenvalue weighted by Crippen LogP contribution is 2.13. The lowest BCUT2D eigenvalue weighted by molar-refractivity contribution is -0.144. The summed E-state index contributed by atoms with van der Waals surface area (Å²) in [7, 11) is 0. The second-order valence-corrected chi connectivity index (χ2v) is 20.8. The Labute approximate surface area is 455 Å². The number of aliphatic carboxylic acids is 2. The minimum atomic E-state index is -1.96. The molecule has 0 heterocycles. The Kier molecular flexibility index (Phi) is 32.3. The van der Waals surface area contributed by atoms with Gasteiger partial charge >= 0.3 is 11.9 Å². The zero-order valence-corrected chi connectivity index (χ0v) is 46.9. The predicted molar refractivity (Wildman–Crippen MR) is 286 cm³/mol. The van der Waals surface area contributed by atoms with Gasteiger partial charge in [0.1, 0.15) is 54.4 Å². The maximum Gasteiger partial charge on any atom is 0.326 e. The lowest BCUT2D eigenvalue weighted by Crippen LogP contribution is -2.62. The number of carbonyl (C=O) groups excluding carboxylic acids is 9. The highest BCUT2D eigenvalue weighted by Gasteiger charge is 2.38. The van der Waals surface area contributed by atoms with E-state index in [1.54, 1.807) is 34.6 Å². The molecular weight excluding hydrogens is 1030 g/mol. The molecule has 0 unspecified atom stereocenters. The Morgan fingerprint density at radius 3 is 1.35 bits per heavy atom. The Morgan fingerprint density at radius 1 is 0.519 bits per heavy atom. The maximum absolute atomic E-state index is 14.0. The molecule has 0 radical (unpaired) electrons. The molecule has 77 heavy (non-hydrogen) atoms. The zero-order chi connectivity index (χ0) is 59.6. The summed E-state index contributed by atoms with van der Waals surface area (Å²) in [5, 5.41) is 61.7. The third-order valence-corrected chi connectivity index (χ3v) is 12.4. The van der Waals surface area contributed by atoms with Crippen molar-refractivity contribution >= 4 is 83.7 Å². The topological polar surface area (TPSA) is 467 Å². The van der Waals surface area contributed by atoms with Gasteiger partial charge in [-0.15, -0.1) is 0 Å². The van der Waals surface area contributed by atoms with Crippen LogP contribution in [0.25, 0.3) is 0 Å². The molecule has 0 aliphatic rings. The summed E-state index contributed by atoms with van der Waals surface area (Å²) in [5.74, 6) is -14.2. The fraction of sp³-hybridized carbons (Fsp3) is 0.750. The van der Waals surface area contributed by atoms with E-state index in [1.807, 2.05) is 13.8 Å². The molecule has 0 rings (SSSR count). The number of hydrogen-bond donors (Lipinski definition) is 17. The summed E-state index contributed by atoms with van der Waals surface area (Å²) in [6.45, 7) is 16.9. The minimum Gasteiger partial charge on any atom is -0.481 e. The van der Waals surface area contributed by atoms with Gasteiger partial charge in [0.15, 0.2) is 5.96 Å². The molecule has 0 aliphatic heterocycles. The highest BCUT2D eigenvalue weighted by molar-refractivity contribution is 7.80. The van der Waals surface area contributed by atoms with Crippen molar-refractivity contribution in [2.75, 3.05) is 18.9 Å². The first-order valence-corrected chi connectivity index (χ1v) is 26.2. The van der Waals surface area contributed by atoms with E-state index in [4.69, 9.17) is 17.2 Å². The number of aliphatic imine (C=N–C) groups is 1. The van der Waals surface area contributed by atoms with Crippen LogP contribution in [0.15, 0.2) is 4.99 Å². The van der Waals surface area contributed by atoms with E-state index in [9.17, 15) is 73.2 Å². The first-order valence-electron chi connectivity index (χ1n) is 25.6. The van der Waals surface area contributed by atoms with Crippen LogP contribution in [0, 0.1) is 29.6 Å². The van der Waals surface area contributed by atoms with Crippen LogP contribution in [0.3, 0.4) is 0 Å². The van der Waals surface area contributed by atoms with Gasteiger partial charge in [0.25, 0.3) is 0 Å². The Balaban J connectivity index is 6.65. The van der Waals surface area contributed by atoms with Gasteiger partial charge in [-0.25, -0.2) is 4.79 Å². The number of aliphatic hydroxyl groups excluding tert-OH is 2. The molecule has 0 aromatic rings. The first-order chi connectivity index (χ1) is 35.7. The van der Waals surface area contributed by atoms with E-state index in [2.05, 4.69) is 65.5 Å². The normalized spacial score (nSPS) is 16.0. The number of carbonyl (C=O) groups is 11. The summed E-state index contributed by atoms with van der Waals surface area (Å²) in [6, 6.07) is -14.7.